The molecule has 6 nitrogen and oxygen atoms in total. The highest BCUT2D eigenvalue weighted by molar-refractivity contribution is 5.96. The van der Waals surface area contributed by atoms with E-state index in [-0.39, 0.29) is 11.6 Å². The second-order valence-electron chi connectivity index (χ2n) is 4.97. The summed E-state index contributed by atoms with van der Waals surface area (Å²) in [4.78, 5) is 22.7. The molecule has 1 amide bonds. The number of amides is 1. The zero-order valence-corrected chi connectivity index (χ0v) is 13.0. The molecule has 120 valence electrons. The van der Waals surface area contributed by atoms with Gasteiger partial charge in [0.2, 0.25) is 0 Å². The van der Waals surface area contributed by atoms with E-state index < -0.39 is 4.92 Å². The van der Waals surface area contributed by atoms with Gasteiger partial charge in [-0.25, -0.2) is 0 Å². The zero-order chi connectivity index (χ0) is 16.8. The first kappa shape index (κ1) is 16.5. The van der Waals surface area contributed by atoms with Crippen LogP contribution in [0.2, 0.25) is 0 Å². The summed E-state index contributed by atoms with van der Waals surface area (Å²) in [5.41, 5.74) is 1.54. The minimum atomic E-state index is -0.488. The van der Waals surface area contributed by atoms with Gasteiger partial charge in [-0.15, -0.1) is 0 Å². The molecule has 0 saturated carbocycles. The Hall–Kier alpha value is -2.89. The highest BCUT2D eigenvalue weighted by Gasteiger charge is 2.17. The lowest BCUT2D eigenvalue weighted by molar-refractivity contribution is -0.385. The molecular formula is C17H18N2O4. The van der Waals surface area contributed by atoms with E-state index in [0.717, 1.165) is 11.3 Å². The van der Waals surface area contributed by atoms with Gasteiger partial charge in [-0.2, -0.15) is 0 Å². The molecule has 2 aromatic carbocycles. The summed E-state index contributed by atoms with van der Waals surface area (Å²) in [6, 6.07) is 11.9. The smallest absolute Gasteiger partial charge is 0.273 e. The van der Waals surface area contributed by atoms with Crippen molar-refractivity contribution in [1.82, 2.24) is 5.32 Å². The van der Waals surface area contributed by atoms with Crippen LogP contribution in [0.1, 0.15) is 28.4 Å². The molecule has 0 heterocycles. The Kier molecular flexibility index (Phi) is 5.30. The molecule has 0 aliphatic carbocycles. The number of ether oxygens (including phenoxy) is 1. The summed E-state index contributed by atoms with van der Waals surface area (Å²) in [6.07, 6.45) is 0. The van der Waals surface area contributed by atoms with E-state index in [1.165, 1.54) is 12.1 Å². The number of nitro groups is 1. The van der Waals surface area contributed by atoms with Crippen molar-refractivity contribution in [3.05, 3.63) is 69.3 Å². The molecule has 2 rings (SSSR count). The Balaban J connectivity index is 2.05. The Morgan fingerprint density at radius 2 is 1.91 bits per heavy atom. The van der Waals surface area contributed by atoms with E-state index in [2.05, 4.69) is 5.32 Å². The van der Waals surface area contributed by atoms with E-state index in [9.17, 15) is 14.9 Å². The van der Waals surface area contributed by atoms with Crippen molar-refractivity contribution in [2.75, 3.05) is 6.61 Å². The average molecular weight is 314 g/mol. The maximum absolute atomic E-state index is 12.2. The maximum atomic E-state index is 12.2. The molecule has 0 bridgehead atoms. The molecule has 0 radical (unpaired) electrons. The predicted molar refractivity (Wildman–Crippen MR) is 86.6 cm³/mol. The van der Waals surface area contributed by atoms with Crippen molar-refractivity contribution >= 4 is 11.6 Å². The second-order valence-corrected chi connectivity index (χ2v) is 4.97. The predicted octanol–water partition coefficient (Wildman–Crippen LogP) is 3.23. The quantitative estimate of drug-likeness (QED) is 0.655. The van der Waals surface area contributed by atoms with Crippen LogP contribution in [0.3, 0.4) is 0 Å². The average Bonchev–Trinajstić information content (AvgIpc) is 2.54. The first-order valence-corrected chi connectivity index (χ1v) is 7.27. The van der Waals surface area contributed by atoms with Gasteiger partial charge in [-0.1, -0.05) is 18.2 Å². The number of carbonyl (C=O) groups is 1. The van der Waals surface area contributed by atoms with Crippen LogP contribution in [0.15, 0.2) is 42.5 Å². The number of nitrogens with zero attached hydrogens (tertiary/aromatic N) is 1. The maximum Gasteiger partial charge on any atom is 0.273 e. The molecule has 2 aromatic rings. The fourth-order valence-electron chi connectivity index (χ4n) is 2.21. The minimum absolute atomic E-state index is 0.0567. The standard InChI is InChI=1S/C17H18N2O4/c1-3-23-14-9-7-13(8-10-14)11-18-17(20)15-5-4-6-16(12(15)2)19(21)22/h4-10H,3,11H2,1-2H3,(H,18,20). The molecule has 0 spiro atoms. The van der Waals surface area contributed by atoms with Gasteiger partial charge < -0.3 is 10.1 Å². The lowest BCUT2D eigenvalue weighted by Gasteiger charge is -2.09. The van der Waals surface area contributed by atoms with Crippen molar-refractivity contribution in [2.45, 2.75) is 20.4 Å². The third-order valence-corrected chi connectivity index (χ3v) is 3.43. The van der Waals surface area contributed by atoms with Crippen LogP contribution in [0, 0.1) is 17.0 Å². The third-order valence-electron chi connectivity index (χ3n) is 3.43. The van der Waals surface area contributed by atoms with Gasteiger partial charge in [-0.3, -0.25) is 14.9 Å². The molecule has 0 aromatic heterocycles. The zero-order valence-electron chi connectivity index (χ0n) is 13.0. The summed E-state index contributed by atoms with van der Waals surface area (Å²) >= 11 is 0. The van der Waals surface area contributed by atoms with Crippen LogP contribution in [-0.2, 0) is 6.54 Å². The number of nitro benzene ring substituents is 1. The molecular weight excluding hydrogens is 296 g/mol. The number of nitrogens with one attached hydrogen (secondary N) is 1. The van der Waals surface area contributed by atoms with Crippen molar-refractivity contribution in [3.8, 4) is 5.75 Å². The molecule has 23 heavy (non-hydrogen) atoms. The van der Waals surface area contributed by atoms with Crippen LogP contribution in [-0.4, -0.2) is 17.4 Å². The number of hydrogen-bond acceptors (Lipinski definition) is 4. The first-order chi connectivity index (χ1) is 11.0. The SMILES string of the molecule is CCOc1ccc(CNC(=O)c2cccc([N+](=O)[O-])c2C)cc1. The van der Waals surface area contributed by atoms with E-state index in [4.69, 9.17) is 4.74 Å². The summed E-state index contributed by atoms with van der Waals surface area (Å²) in [5.74, 6) is 0.442. The van der Waals surface area contributed by atoms with Crippen LogP contribution in [0.25, 0.3) is 0 Å². The van der Waals surface area contributed by atoms with E-state index in [1.807, 2.05) is 31.2 Å². The van der Waals surface area contributed by atoms with E-state index >= 15 is 0 Å². The molecule has 0 saturated heterocycles. The van der Waals surface area contributed by atoms with Crippen LogP contribution >= 0.6 is 0 Å². The Morgan fingerprint density at radius 1 is 1.22 bits per heavy atom. The highest BCUT2D eigenvalue weighted by Crippen LogP contribution is 2.21. The van der Waals surface area contributed by atoms with Crippen molar-refractivity contribution in [1.29, 1.82) is 0 Å². The van der Waals surface area contributed by atoms with Gasteiger partial charge in [0, 0.05) is 23.7 Å². The third kappa shape index (κ3) is 4.06. The molecule has 0 aliphatic heterocycles. The molecule has 1 N–H and O–H groups in total. The summed E-state index contributed by atoms with van der Waals surface area (Å²) in [6.45, 7) is 4.43. The second kappa shape index (κ2) is 7.40. The molecule has 0 atom stereocenters. The van der Waals surface area contributed by atoms with E-state index in [0.29, 0.717) is 24.3 Å². The summed E-state index contributed by atoms with van der Waals surface area (Å²) in [5, 5.41) is 13.7. The lowest BCUT2D eigenvalue weighted by atomic mass is 10.1. The van der Waals surface area contributed by atoms with Gasteiger partial charge in [0.1, 0.15) is 5.75 Å². The van der Waals surface area contributed by atoms with E-state index in [1.54, 1.807) is 13.0 Å². The van der Waals surface area contributed by atoms with Gasteiger partial charge in [0.05, 0.1) is 11.5 Å². The largest absolute Gasteiger partial charge is 0.494 e. The Morgan fingerprint density at radius 3 is 2.52 bits per heavy atom. The number of benzene rings is 2. The molecule has 0 aliphatic rings. The van der Waals surface area contributed by atoms with Crippen LogP contribution in [0.5, 0.6) is 5.75 Å². The first-order valence-electron chi connectivity index (χ1n) is 7.27. The number of carbonyl (C=O) groups excluding carboxylic acids is 1. The summed E-state index contributed by atoms with van der Waals surface area (Å²) < 4.78 is 5.36. The van der Waals surface area contributed by atoms with Crippen molar-refractivity contribution < 1.29 is 14.5 Å². The van der Waals surface area contributed by atoms with Crippen LogP contribution in [0.4, 0.5) is 5.69 Å². The van der Waals surface area contributed by atoms with Gasteiger partial charge in [-0.05, 0) is 37.6 Å². The lowest BCUT2D eigenvalue weighted by Crippen LogP contribution is -2.23. The summed E-state index contributed by atoms with van der Waals surface area (Å²) in [7, 11) is 0. The monoisotopic (exact) mass is 314 g/mol. The molecule has 0 unspecified atom stereocenters. The van der Waals surface area contributed by atoms with Gasteiger partial charge >= 0.3 is 0 Å². The fourth-order valence-corrected chi connectivity index (χ4v) is 2.21. The fraction of sp³-hybridized carbons (Fsp3) is 0.235. The number of hydrogen-bond donors (Lipinski definition) is 1. The van der Waals surface area contributed by atoms with Crippen molar-refractivity contribution in [3.63, 3.8) is 0 Å². The molecule has 0 fully saturated rings. The van der Waals surface area contributed by atoms with Crippen LogP contribution < -0.4 is 10.1 Å². The Labute approximate surface area is 134 Å². The van der Waals surface area contributed by atoms with Gasteiger partial charge in [0.15, 0.2) is 0 Å². The Bertz CT molecular complexity index is 711. The highest BCUT2D eigenvalue weighted by atomic mass is 16.6. The van der Waals surface area contributed by atoms with Gasteiger partial charge in [0.25, 0.3) is 11.6 Å². The minimum Gasteiger partial charge on any atom is -0.494 e. The normalized spacial score (nSPS) is 10.2. The topological polar surface area (TPSA) is 81.5 Å². The number of rotatable bonds is 6. The molecule has 6 heteroatoms. The van der Waals surface area contributed by atoms with Crippen molar-refractivity contribution in [2.24, 2.45) is 0 Å².